The monoisotopic (exact) mass is 238 g/mol. The lowest BCUT2D eigenvalue weighted by atomic mass is 10.2. The SMILES string of the molecule is O=C1CC(NC(=O)c2cc(C(=O)O)co2)CN1. The third-order valence-electron chi connectivity index (χ3n) is 2.38. The lowest BCUT2D eigenvalue weighted by molar-refractivity contribution is -0.119. The van der Waals surface area contributed by atoms with Gasteiger partial charge in [-0.1, -0.05) is 0 Å². The van der Waals surface area contributed by atoms with Gasteiger partial charge in [-0.15, -0.1) is 0 Å². The highest BCUT2D eigenvalue weighted by atomic mass is 16.4. The van der Waals surface area contributed by atoms with Gasteiger partial charge in [-0.05, 0) is 0 Å². The smallest absolute Gasteiger partial charge is 0.338 e. The Bertz CT molecular complexity index is 479. The van der Waals surface area contributed by atoms with E-state index in [0.717, 1.165) is 12.3 Å². The van der Waals surface area contributed by atoms with Crippen molar-refractivity contribution in [2.24, 2.45) is 0 Å². The van der Waals surface area contributed by atoms with Gasteiger partial charge in [-0.3, -0.25) is 9.59 Å². The van der Waals surface area contributed by atoms with Crippen molar-refractivity contribution < 1.29 is 23.9 Å². The van der Waals surface area contributed by atoms with Crippen LogP contribution in [0.15, 0.2) is 16.7 Å². The Morgan fingerprint density at radius 3 is 2.82 bits per heavy atom. The fourth-order valence-corrected chi connectivity index (χ4v) is 1.53. The predicted octanol–water partition coefficient (Wildman–Crippen LogP) is -0.404. The van der Waals surface area contributed by atoms with E-state index in [1.807, 2.05) is 0 Å². The maximum absolute atomic E-state index is 11.6. The van der Waals surface area contributed by atoms with Crippen LogP contribution >= 0.6 is 0 Å². The van der Waals surface area contributed by atoms with Gasteiger partial charge in [0.25, 0.3) is 5.91 Å². The lowest BCUT2D eigenvalue weighted by Gasteiger charge is -2.07. The van der Waals surface area contributed by atoms with Crippen LogP contribution in [0, 0.1) is 0 Å². The van der Waals surface area contributed by atoms with Crippen LogP contribution in [0.3, 0.4) is 0 Å². The molecule has 1 atom stereocenters. The first-order valence-electron chi connectivity index (χ1n) is 4.95. The Kier molecular flexibility index (Phi) is 2.82. The molecule has 3 N–H and O–H groups in total. The number of amides is 2. The molecule has 0 radical (unpaired) electrons. The van der Waals surface area contributed by atoms with Crippen molar-refractivity contribution >= 4 is 17.8 Å². The molecule has 1 aliphatic heterocycles. The fraction of sp³-hybridized carbons (Fsp3) is 0.300. The molecule has 0 aliphatic carbocycles. The molecule has 17 heavy (non-hydrogen) atoms. The van der Waals surface area contributed by atoms with Crippen molar-refractivity contribution in [2.75, 3.05) is 6.54 Å². The lowest BCUT2D eigenvalue weighted by Crippen LogP contribution is -2.35. The first kappa shape index (κ1) is 11.2. The summed E-state index contributed by atoms with van der Waals surface area (Å²) in [6, 6.07) is 0.857. The molecule has 2 heterocycles. The van der Waals surface area contributed by atoms with Crippen molar-refractivity contribution in [1.82, 2.24) is 10.6 Å². The highest BCUT2D eigenvalue weighted by molar-refractivity contribution is 5.96. The largest absolute Gasteiger partial charge is 0.478 e. The molecule has 7 nitrogen and oxygen atoms in total. The molecule has 1 saturated heterocycles. The molecule has 1 aromatic heterocycles. The van der Waals surface area contributed by atoms with E-state index in [2.05, 4.69) is 10.6 Å². The Balaban J connectivity index is 1.99. The average molecular weight is 238 g/mol. The molecule has 0 saturated carbocycles. The number of hydrogen-bond acceptors (Lipinski definition) is 4. The topological polar surface area (TPSA) is 109 Å². The standard InChI is InChI=1S/C10H10N2O5/c13-8-2-6(3-11-8)12-9(14)7-1-5(4-17-7)10(15)16/h1,4,6H,2-3H2,(H,11,13)(H,12,14)(H,15,16). The van der Waals surface area contributed by atoms with Gasteiger partial charge >= 0.3 is 5.97 Å². The number of furan rings is 1. The highest BCUT2D eigenvalue weighted by Gasteiger charge is 2.24. The van der Waals surface area contributed by atoms with Crippen LogP contribution in [-0.2, 0) is 4.79 Å². The van der Waals surface area contributed by atoms with Crippen molar-refractivity contribution in [3.63, 3.8) is 0 Å². The van der Waals surface area contributed by atoms with Gasteiger partial charge in [0, 0.05) is 19.0 Å². The maximum atomic E-state index is 11.6. The number of hydrogen-bond donors (Lipinski definition) is 3. The van der Waals surface area contributed by atoms with Gasteiger partial charge in [0.2, 0.25) is 5.91 Å². The number of carboxylic acids is 1. The average Bonchev–Trinajstić information content (AvgIpc) is 2.86. The van der Waals surface area contributed by atoms with Gasteiger partial charge < -0.3 is 20.2 Å². The normalized spacial score (nSPS) is 18.8. The Morgan fingerprint density at radius 1 is 1.53 bits per heavy atom. The van der Waals surface area contributed by atoms with E-state index in [1.165, 1.54) is 0 Å². The Hall–Kier alpha value is -2.31. The number of carbonyl (C=O) groups is 3. The Morgan fingerprint density at radius 2 is 2.29 bits per heavy atom. The summed E-state index contributed by atoms with van der Waals surface area (Å²) >= 11 is 0. The van der Waals surface area contributed by atoms with Gasteiger partial charge in [-0.2, -0.15) is 0 Å². The molecule has 0 aromatic carbocycles. The number of nitrogens with one attached hydrogen (secondary N) is 2. The first-order valence-corrected chi connectivity index (χ1v) is 4.95. The molecule has 1 aromatic rings. The molecule has 1 fully saturated rings. The third-order valence-corrected chi connectivity index (χ3v) is 2.38. The second-order valence-corrected chi connectivity index (χ2v) is 3.68. The van der Waals surface area contributed by atoms with Crippen LogP contribution in [0.25, 0.3) is 0 Å². The molecule has 90 valence electrons. The van der Waals surface area contributed by atoms with Crippen LogP contribution in [0.2, 0.25) is 0 Å². The van der Waals surface area contributed by atoms with Gasteiger partial charge in [-0.25, -0.2) is 4.79 Å². The van der Waals surface area contributed by atoms with E-state index in [4.69, 9.17) is 9.52 Å². The summed E-state index contributed by atoms with van der Waals surface area (Å²) in [7, 11) is 0. The maximum Gasteiger partial charge on any atom is 0.338 e. The highest BCUT2D eigenvalue weighted by Crippen LogP contribution is 2.09. The van der Waals surface area contributed by atoms with Crippen LogP contribution in [-0.4, -0.2) is 35.5 Å². The van der Waals surface area contributed by atoms with E-state index in [9.17, 15) is 14.4 Å². The minimum absolute atomic E-state index is 0.0817. The van der Waals surface area contributed by atoms with Crippen molar-refractivity contribution in [3.05, 3.63) is 23.7 Å². The fourth-order valence-electron chi connectivity index (χ4n) is 1.53. The Labute approximate surface area is 95.8 Å². The summed E-state index contributed by atoms with van der Waals surface area (Å²) in [5.74, 6) is -1.90. The molecule has 2 amide bonds. The summed E-state index contributed by atoms with van der Waals surface area (Å²) in [6.45, 7) is 0.372. The van der Waals surface area contributed by atoms with Crippen molar-refractivity contribution in [3.8, 4) is 0 Å². The zero-order valence-electron chi connectivity index (χ0n) is 8.73. The zero-order chi connectivity index (χ0) is 12.4. The predicted molar refractivity (Wildman–Crippen MR) is 54.5 cm³/mol. The quantitative estimate of drug-likeness (QED) is 0.663. The van der Waals surface area contributed by atoms with E-state index in [-0.39, 0.29) is 29.7 Å². The van der Waals surface area contributed by atoms with E-state index >= 15 is 0 Å². The van der Waals surface area contributed by atoms with Crippen LogP contribution < -0.4 is 10.6 Å². The minimum atomic E-state index is -1.16. The first-order chi connectivity index (χ1) is 8.06. The molecule has 2 rings (SSSR count). The van der Waals surface area contributed by atoms with Crippen molar-refractivity contribution in [1.29, 1.82) is 0 Å². The number of rotatable bonds is 3. The third kappa shape index (κ3) is 2.44. The van der Waals surface area contributed by atoms with Crippen LogP contribution in [0.1, 0.15) is 27.3 Å². The minimum Gasteiger partial charge on any atom is -0.478 e. The van der Waals surface area contributed by atoms with E-state index < -0.39 is 11.9 Å². The molecule has 1 aliphatic rings. The zero-order valence-corrected chi connectivity index (χ0v) is 8.73. The summed E-state index contributed by atoms with van der Waals surface area (Å²) in [4.78, 5) is 33.1. The summed E-state index contributed by atoms with van der Waals surface area (Å²) in [5.41, 5.74) is -0.0872. The van der Waals surface area contributed by atoms with Gasteiger partial charge in [0.1, 0.15) is 6.26 Å². The van der Waals surface area contributed by atoms with Gasteiger partial charge in [0.15, 0.2) is 5.76 Å². The number of aromatic carboxylic acids is 1. The molecule has 7 heteroatoms. The van der Waals surface area contributed by atoms with Crippen LogP contribution in [0.5, 0.6) is 0 Å². The summed E-state index contributed by atoms with van der Waals surface area (Å²) in [6.07, 6.45) is 1.22. The molecule has 1 unspecified atom stereocenters. The van der Waals surface area contributed by atoms with E-state index in [0.29, 0.717) is 6.54 Å². The van der Waals surface area contributed by atoms with Gasteiger partial charge in [0.05, 0.1) is 11.6 Å². The van der Waals surface area contributed by atoms with E-state index in [1.54, 1.807) is 0 Å². The van der Waals surface area contributed by atoms with Crippen molar-refractivity contribution in [2.45, 2.75) is 12.5 Å². The number of carboxylic acid groups (broad SMARTS) is 1. The molecule has 0 bridgehead atoms. The van der Waals surface area contributed by atoms with Crippen LogP contribution in [0.4, 0.5) is 0 Å². The molecule has 0 spiro atoms. The molecular formula is C10H10N2O5. The second-order valence-electron chi connectivity index (χ2n) is 3.68. The summed E-state index contributed by atoms with van der Waals surface area (Å²) < 4.78 is 4.83. The number of carbonyl (C=O) groups excluding carboxylic acids is 2. The molecular weight excluding hydrogens is 228 g/mol. The summed E-state index contributed by atoms with van der Waals surface area (Å²) in [5, 5.41) is 13.8. The second kappa shape index (κ2) is 4.28.